The highest BCUT2D eigenvalue weighted by atomic mass is 32.2. The minimum Gasteiger partial charge on any atom is -0.352 e. The Balaban J connectivity index is 2.18. The number of urea groups is 1. The van der Waals surface area contributed by atoms with Crippen LogP contribution in [-0.2, 0) is 14.8 Å². The smallest absolute Gasteiger partial charge is 0.329 e. The van der Waals surface area contributed by atoms with Crippen LogP contribution in [0.5, 0.6) is 0 Å². The van der Waals surface area contributed by atoms with Crippen molar-refractivity contribution in [3.05, 3.63) is 65.7 Å². The van der Waals surface area contributed by atoms with Crippen molar-refractivity contribution in [3.63, 3.8) is 0 Å². The molecule has 3 amide bonds. The number of amides is 3. The molecule has 2 rings (SSSR count). The van der Waals surface area contributed by atoms with E-state index in [9.17, 15) is 18.0 Å². The van der Waals surface area contributed by atoms with Gasteiger partial charge in [0, 0.05) is 6.04 Å². The van der Waals surface area contributed by atoms with Crippen LogP contribution in [0.25, 0.3) is 0 Å². The van der Waals surface area contributed by atoms with Crippen LogP contribution < -0.4 is 15.4 Å². The molecular formula is C19H23N3O4S. The Morgan fingerprint density at radius 3 is 2.04 bits per heavy atom. The lowest BCUT2D eigenvalue weighted by atomic mass is 10.1. The highest BCUT2D eigenvalue weighted by molar-refractivity contribution is 7.90. The third kappa shape index (κ3) is 5.82. The lowest BCUT2D eigenvalue weighted by Gasteiger charge is -2.20. The van der Waals surface area contributed by atoms with E-state index in [0.717, 1.165) is 5.56 Å². The van der Waals surface area contributed by atoms with Gasteiger partial charge >= 0.3 is 6.03 Å². The predicted molar refractivity (Wildman–Crippen MR) is 102 cm³/mol. The van der Waals surface area contributed by atoms with Crippen molar-refractivity contribution in [1.29, 1.82) is 0 Å². The molecule has 7 nitrogen and oxygen atoms in total. The summed E-state index contributed by atoms with van der Waals surface area (Å²) in [5.74, 6) is -0.431. The first kappa shape index (κ1) is 20.4. The Labute approximate surface area is 159 Å². The first-order valence-corrected chi connectivity index (χ1v) is 9.92. The van der Waals surface area contributed by atoms with Gasteiger partial charge in [0.25, 0.3) is 10.0 Å². The second kappa shape index (κ2) is 8.68. The topological polar surface area (TPSA) is 104 Å². The second-order valence-corrected chi connectivity index (χ2v) is 8.08. The highest BCUT2D eigenvalue weighted by Gasteiger charge is 2.25. The van der Waals surface area contributed by atoms with Crippen LogP contribution in [0, 0.1) is 6.92 Å². The molecule has 0 aliphatic carbocycles. The van der Waals surface area contributed by atoms with Crippen LogP contribution in [0.3, 0.4) is 0 Å². The SMILES string of the molecule is Cc1ccc(S(=O)(=O)NC(=O)N[C@H](C(=O)NC(C)C)c2ccccc2)cc1. The van der Waals surface area contributed by atoms with E-state index in [4.69, 9.17) is 0 Å². The van der Waals surface area contributed by atoms with E-state index >= 15 is 0 Å². The average molecular weight is 389 g/mol. The molecule has 27 heavy (non-hydrogen) atoms. The summed E-state index contributed by atoms with van der Waals surface area (Å²) in [5, 5.41) is 5.15. The molecule has 0 bridgehead atoms. The van der Waals surface area contributed by atoms with Crippen LogP contribution in [0.15, 0.2) is 59.5 Å². The van der Waals surface area contributed by atoms with Crippen LogP contribution in [-0.4, -0.2) is 26.4 Å². The van der Waals surface area contributed by atoms with E-state index in [1.807, 2.05) is 11.6 Å². The normalized spacial score (nSPS) is 12.3. The Bertz CT molecular complexity index is 894. The summed E-state index contributed by atoms with van der Waals surface area (Å²) in [5.41, 5.74) is 1.44. The van der Waals surface area contributed by atoms with E-state index in [1.165, 1.54) is 12.1 Å². The summed E-state index contributed by atoms with van der Waals surface area (Å²) in [7, 11) is -4.05. The Kier molecular flexibility index (Phi) is 6.57. The third-order valence-corrected chi connectivity index (χ3v) is 5.01. The maximum Gasteiger partial charge on any atom is 0.329 e. The van der Waals surface area contributed by atoms with E-state index in [1.54, 1.807) is 56.3 Å². The van der Waals surface area contributed by atoms with Gasteiger partial charge in [-0.25, -0.2) is 17.9 Å². The zero-order valence-corrected chi connectivity index (χ0v) is 16.2. The Morgan fingerprint density at radius 2 is 1.48 bits per heavy atom. The number of hydrogen-bond donors (Lipinski definition) is 3. The van der Waals surface area contributed by atoms with Crippen molar-refractivity contribution in [2.24, 2.45) is 0 Å². The number of benzene rings is 2. The Hall–Kier alpha value is -2.87. The first-order valence-electron chi connectivity index (χ1n) is 8.44. The van der Waals surface area contributed by atoms with Crippen LogP contribution in [0.4, 0.5) is 4.79 Å². The number of hydrogen-bond acceptors (Lipinski definition) is 4. The van der Waals surface area contributed by atoms with Crippen LogP contribution in [0.1, 0.15) is 31.0 Å². The number of carbonyl (C=O) groups is 2. The molecule has 8 heteroatoms. The van der Waals surface area contributed by atoms with Gasteiger partial charge in [-0.1, -0.05) is 48.0 Å². The largest absolute Gasteiger partial charge is 0.352 e. The maximum absolute atomic E-state index is 12.5. The molecule has 2 aromatic rings. The molecule has 0 saturated carbocycles. The molecule has 3 N–H and O–H groups in total. The van der Waals surface area contributed by atoms with E-state index in [2.05, 4.69) is 10.6 Å². The summed E-state index contributed by atoms with van der Waals surface area (Å²) in [6.07, 6.45) is 0. The molecule has 0 saturated heterocycles. The van der Waals surface area contributed by atoms with Crippen molar-refractivity contribution in [3.8, 4) is 0 Å². The molecule has 0 aromatic heterocycles. The van der Waals surface area contributed by atoms with Gasteiger partial charge in [0.15, 0.2) is 0 Å². The zero-order chi connectivity index (χ0) is 20.0. The zero-order valence-electron chi connectivity index (χ0n) is 15.4. The fourth-order valence-electron chi connectivity index (χ4n) is 2.37. The molecule has 0 radical (unpaired) electrons. The first-order chi connectivity index (χ1) is 12.7. The fraction of sp³-hybridized carbons (Fsp3) is 0.263. The van der Waals surface area contributed by atoms with Crippen LogP contribution in [0.2, 0.25) is 0 Å². The average Bonchev–Trinajstić information content (AvgIpc) is 2.59. The van der Waals surface area contributed by atoms with Gasteiger partial charge < -0.3 is 10.6 Å². The summed E-state index contributed by atoms with van der Waals surface area (Å²) in [6.45, 7) is 5.41. The second-order valence-electron chi connectivity index (χ2n) is 6.40. The quantitative estimate of drug-likeness (QED) is 0.705. The molecule has 0 spiro atoms. The monoisotopic (exact) mass is 389 g/mol. The molecule has 2 aromatic carbocycles. The van der Waals surface area contributed by atoms with Gasteiger partial charge in [-0.2, -0.15) is 0 Å². The van der Waals surface area contributed by atoms with E-state index < -0.39 is 28.0 Å². The molecular weight excluding hydrogens is 366 g/mol. The minimum absolute atomic E-state index is 0.0360. The molecule has 0 fully saturated rings. The van der Waals surface area contributed by atoms with Gasteiger partial charge in [0.2, 0.25) is 5.91 Å². The van der Waals surface area contributed by atoms with Crippen molar-refractivity contribution < 1.29 is 18.0 Å². The minimum atomic E-state index is -4.05. The molecule has 0 heterocycles. The van der Waals surface area contributed by atoms with Gasteiger partial charge in [-0.15, -0.1) is 0 Å². The van der Waals surface area contributed by atoms with Crippen molar-refractivity contribution >= 4 is 22.0 Å². The maximum atomic E-state index is 12.5. The van der Waals surface area contributed by atoms with Crippen molar-refractivity contribution in [2.75, 3.05) is 0 Å². The van der Waals surface area contributed by atoms with Gasteiger partial charge in [0.05, 0.1) is 4.90 Å². The lowest BCUT2D eigenvalue weighted by molar-refractivity contribution is -0.123. The predicted octanol–water partition coefficient (Wildman–Crippen LogP) is 2.25. The highest BCUT2D eigenvalue weighted by Crippen LogP contribution is 2.14. The standard InChI is InChI=1S/C19H23N3O4S/c1-13(2)20-18(23)17(15-7-5-4-6-8-15)21-19(24)22-27(25,26)16-11-9-14(3)10-12-16/h4-13,17H,1-3H3,(H,20,23)(H2,21,22,24)/t17-/m0/s1. The fourth-order valence-corrected chi connectivity index (χ4v) is 3.29. The molecule has 1 atom stereocenters. The number of nitrogens with one attached hydrogen (secondary N) is 3. The third-order valence-electron chi connectivity index (χ3n) is 3.66. The van der Waals surface area contributed by atoms with Crippen LogP contribution >= 0.6 is 0 Å². The number of aryl methyl sites for hydroxylation is 1. The summed E-state index contributed by atoms with van der Waals surface area (Å²) < 4.78 is 26.6. The van der Waals surface area contributed by atoms with Gasteiger partial charge in [-0.3, -0.25) is 4.79 Å². The van der Waals surface area contributed by atoms with Crippen molar-refractivity contribution in [2.45, 2.75) is 37.8 Å². The summed E-state index contributed by atoms with van der Waals surface area (Å²) in [6, 6.07) is 12.5. The molecule has 0 unspecified atom stereocenters. The van der Waals surface area contributed by atoms with Crippen molar-refractivity contribution in [1.82, 2.24) is 15.4 Å². The van der Waals surface area contributed by atoms with Gasteiger partial charge in [0.1, 0.15) is 6.04 Å². The molecule has 144 valence electrons. The number of rotatable bonds is 6. The Morgan fingerprint density at radius 1 is 0.889 bits per heavy atom. The van der Waals surface area contributed by atoms with E-state index in [-0.39, 0.29) is 10.9 Å². The van der Waals surface area contributed by atoms with E-state index in [0.29, 0.717) is 5.56 Å². The molecule has 0 aliphatic rings. The number of sulfonamides is 1. The van der Waals surface area contributed by atoms with Gasteiger partial charge in [-0.05, 0) is 38.5 Å². The summed E-state index contributed by atoms with van der Waals surface area (Å²) in [4.78, 5) is 24.7. The number of carbonyl (C=O) groups excluding carboxylic acids is 2. The lowest BCUT2D eigenvalue weighted by Crippen LogP contribution is -2.47. The molecule has 0 aliphatic heterocycles. The summed E-state index contributed by atoms with van der Waals surface area (Å²) >= 11 is 0.